The van der Waals surface area contributed by atoms with Crippen LogP contribution in [0.15, 0.2) is 41.6 Å². The predicted octanol–water partition coefficient (Wildman–Crippen LogP) is 2.96. The van der Waals surface area contributed by atoms with E-state index in [1.807, 2.05) is 19.1 Å². The number of nitrogens with zero attached hydrogens (tertiary/aromatic N) is 1. The van der Waals surface area contributed by atoms with Gasteiger partial charge in [-0.3, -0.25) is 14.6 Å². The van der Waals surface area contributed by atoms with Crippen molar-refractivity contribution in [1.29, 1.82) is 0 Å². The summed E-state index contributed by atoms with van der Waals surface area (Å²) in [5.74, 6) is -0.572. The van der Waals surface area contributed by atoms with Crippen molar-refractivity contribution in [3.8, 4) is 0 Å². The van der Waals surface area contributed by atoms with Crippen molar-refractivity contribution in [3.05, 3.63) is 53.6 Å². The van der Waals surface area contributed by atoms with Crippen molar-refractivity contribution in [1.82, 2.24) is 15.8 Å². The molecule has 1 aromatic heterocycles. The van der Waals surface area contributed by atoms with Crippen molar-refractivity contribution in [2.45, 2.75) is 42.1 Å². The third-order valence-corrected chi connectivity index (χ3v) is 6.37. The van der Waals surface area contributed by atoms with Crippen molar-refractivity contribution >= 4 is 23.4 Å². The molecule has 3 heterocycles. The topological polar surface area (TPSA) is 75.3 Å². The highest BCUT2D eigenvalue weighted by Crippen LogP contribution is 2.45. The maximum absolute atomic E-state index is 14.4. The van der Waals surface area contributed by atoms with Crippen LogP contribution in [0, 0.1) is 12.7 Å². The molecule has 1 amide bonds. The lowest BCUT2D eigenvalue weighted by Gasteiger charge is -2.25. The van der Waals surface area contributed by atoms with Crippen LogP contribution in [-0.2, 0) is 9.63 Å². The number of anilines is 1. The third-order valence-electron chi connectivity index (χ3n) is 5.01. The summed E-state index contributed by atoms with van der Waals surface area (Å²) in [5.41, 5.74) is 4.72. The predicted molar refractivity (Wildman–Crippen MR) is 107 cm³/mol. The van der Waals surface area contributed by atoms with Crippen LogP contribution in [0.1, 0.15) is 30.0 Å². The molecule has 4 rings (SSSR count). The van der Waals surface area contributed by atoms with Crippen LogP contribution in [0.3, 0.4) is 0 Å². The maximum atomic E-state index is 14.4. The number of amides is 1. The zero-order valence-electron chi connectivity index (χ0n) is 15.6. The quantitative estimate of drug-likeness (QED) is 0.668. The lowest BCUT2D eigenvalue weighted by Crippen LogP contribution is -2.42. The second kappa shape index (κ2) is 8.46. The lowest BCUT2D eigenvalue weighted by atomic mass is 10.0. The lowest BCUT2D eigenvalue weighted by molar-refractivity contribution is -0.139. The fourth-order valence-electron chi connectivity index (χ4n) is 3.48. The Hall–Kier alpha value is -2.16. The van der Waals surface area contributed by atoms with Crippen LogP contribution in [0.5, 0.6) is 0 Å². The van der Waals surface area contributed by atoms with Crippen molar-refractivity contribution < 1.29 is 14.0 Å². The molecule has 2 aliphatic rings. The number of aromatic nitrogens is 1. The van der Waals surface area contributed by atoms with E-state index in [2.05, 4.69) is 21.1 Å². The van der Waals surface area contributed by atoms with Gasteiger partial charge in [-0.2, -0.15) is 0 Å². The number of thioether (sulfide) groups is 1. The second-order valence-corrected chi connectivity index (χ2v) is 8.27. The molecule has 1 saturated heterocycles. The first kappa shape index (κ1) is 19.2. The van der Waals surface area contributed by atoms with E-state index in [-0.39, 0.29) is 17.8 Å². The normalized spacial score (nSPS) is 21.9. The Morgan fingerprint density at radius 2 is 2.14 bits per heavy atom. The van der Waals surface area contributed by atoms with Gasteiger partial charge in [0.15, 0.2) is 0 Å². The SMILES string of the molecule is Cc1ccc(NC2c3cnccc3SC2C(=O)NOC2CCNCC2)c(F)c1. The number of pyridine rings is 1. The molecule has 0 radical (unpaired) electrons. The van der Waals surface area contributed by atoms with Gasteiger partial charge >= 0.3 is 0 Å². The molecule has 0 bridgehead atoms. The van der Waals surface area contributed by atoms with Crippen molar-refractivity contribution in [2.24, 2.45) is 0 Å². The molecule has 6 nitrogen and oxygen atoms in total. The van der Waals surface area contributed by atoms with Gasteiger partial charge in [0, 0.05) is 22.9 Å². The van der Waals surface area contributed by atoms with Gasteiger partial charge in [0.2, 0.25) is 0 Å². The van der Waals surface area contributed by atoms with Crippen LogP contribution in [0.25, 0.3) is 0 Å². The molecule has 0 aliphatic carbocycles. The number of hydrogen-bond donors (Lipinski definition) is 3. The molecule has 3 N–H and O–H groups in total. The highest BCUT2D eigenvalue weighted by atomic mass is 32.2. The first-order valence-electron chi connectivity index (χ1n) is 9.41. The van der Waals surface area contributed by atoms with Crippen LogP contribution in [-0.4, -0.2) is 35.3 Å². The molecule has 1 aromatic carbocycles. The van der Waals surface area contributed by atoms with E-state index in [1.165, 1.54) is 17.8 Å². The molecule has 2 aliphatic heterocycles. The number of aryl methyl sites for hydroxylation is 1. The summed E-state index contributed by atoms with van der Waals surface area (Å²) >= 11 is 1.44. The highest BCUT2D eigenvalue weighted by Gasteiger charge is 2.39. The molecule has 1 fully saturated rings. The van der Waals surface area contributed by atoms with E-state index in [0.717, 1.165) is 42.0 Å². The monoisotopic (exact) mass is 402 g/mol. The summed E-state index contributed by atoms with van der Waals surface area (Å²) in [6.07, 6.45) is 5.16. The number of rotatable bonds is 5. The minimum absolute atomic E-state index is 0.0154. The van der Waals surface area contributed by atoms with E-state index < -0.39 is 11.3 Å². The fraction of sp³-hybridized carbons (Fsp3) is 0.400. The third kappa shape index (κ3) is 4.14. The molecule has 28 heavy (non-hydrogen) atoms. The molecule has 2 aromatic rings. The standard InChI is InChI=1S/C20H23FN4O2S/c1-12-2-3-16(15(21)10-12)24-18-14-11-23-9-6-17(14)28-19(18)20(26)25-27-13-4-7-22-8-5-13/h2-3,6,9-11,13,18-19,22,24H,4-5,7-8H2,1H3,(H,25,26). The van der Waals surface area contributed by atoms with Crippen LogP contribution < -0.4 is 16.1 Å². The summed E-state index contributed by atoms with van der Waals surface area (Å²) in [6, 6.07) is 6.49. The Labute approximate surface area is 167 Å². The zero-order valence-corrected chi connectivity index (χ0v) is 16.4. The van der Waals surface area contributed by atoms with Crippen LogP contribution in [0.2, 0.25) is 0 Å². The summed E-state index contributed by atoms with van der Waals surface area (Å²) in [4.78, 5) is 23.6. The van der Waals surface area contributed by atoms with E-state index in [9.17, 15) is 9.18 Å². The van der Waals surface area contributed by atoms with Gasteiger partial charge in [-0.05, 0) is 56.6 Å². The molecule has 2 unspecified atom stereocenters. The second-order valence-electron chi connectivity index (χ2n) is 7.09. The van der Waals surface area contributed by atoms with Gasteiger partial charge in [-0.15, -0.1) is 11.8 Å². The number of fused-ring (bicyclic) bond motifs is 1. The van der Waals surface area contributed by atoms with Gasteiger partial charge in [-0.1, -0.05) is 6.07 Å². The Kier molecular flexibility index (Phi) is 5.79. The molecular weight excluding hydrogens is 379 g/mol. The minimum Gasteiger partial charge on any atom is -0.374 e. The van der Waals surface area contributed by atoms with E-state index in [1.54, 1.807) is 18.5 Å². The molecule has 0 saturated carbocycles. The Morgan fingerprint density at radius 1 is 1.32 bits per heavy atom. The number of halogens is 1. The molecular formula is C20H23FN4O2S. The molecule has 8 heteroatoms. The molecule has 0 spiro atoms. The summed E-state index contributed by atoms with van der Waals surface area (Å²) in [7, 11) is 0. The minimum atomic E-state index is -0.485. The first-order valence-corrected chi connectivity index (χ1v) is 10.3. The Bertz CT molecular complexity index is 860. The fourth-order valence-corrected chi connectivity index (χ4v) is 4.71. The number of nitrogens with one attached hydrogen (secondary N) is 3. The van der Waals surface area contributed by atoms with Crippen molar-refractivity contribution in [2.75, 3.05) is 18.4 Å². The molecule has 2 atom stereocenters. The van der Waals surface area contributed by atoms with E-state index in [4.69, 9.17) is 4.84 Å². The highest BCUT2D eigenvalue weighted by molar-refractivity contribution is 8.01. The van der Waals surface area contributed by atoms with Gasteiger partial charge in [0.25, 0.3) is 5.91 Å². The van der Waals surface area contributed by atoms with Gasteiger partial charge < -0.3 is 10.6 Å². The zero-order chi connectivity index (χ0) is 19.5. The van der Waals surface area contributed by atoms with Gasteiger partial charge in [-0.25, -0.2) is 9.87 Å². The average Bonchev–Trinajstić information content (AvgIpc) is 3.08. The smallest absolute Gasteiger partial charge is 0.259 e. The summed E-state index contributed by atoms with van der Waals surface area (Å²) < 4.78 is 14.4. The maximum Gasteiger partial charge on any atom is 0.259 e. The van der Waals surface area contributed by atoms with Crippen LogP contribution in [0.4, 0.5) is 10.1 Å². The van der Waals surface area contributed by atoms with Crippen molar-refractivity contribution in [3.63, 3.8) is 0 Å². The number of piperidine rings is 1. The van der Waals surface area contributed by atoms with Gasteiger partial charge in [0.1, 0.15) is 11.1 Å². The first-order chi connectivity index (χ1) is 13.6. The average molecular weight is 402 g/mol. The van der Waals surface area contributed by atoms with Crippen LogP contribution >= 0.6 is 11.8 Å². The summed E-state index contributed by atoms with van der Waals surface area (Å²) in [5, 5.41) is 5.98. The number of carbonyl (C=O) groups is 1. The largest absolute Gasteiger partial charge is 0.374 e. The van der Waals surface area contributed by atoms with E-state index >= 15 is 0 Å². The Balaban J connectivity index is 1.51. The number of carbonyl (C=O) groups excluding carboxylic acids is 1. The number of hydrogen-bond acceptors (Lipinski definition) is 6. The molecule has 148 valence electrons. The summed E-state index contributed by atoms with van der Waals surface area (Å²) in [6.45, 7) is 3.60. The Morgan fingerprint density at radius 3 is 2.93 bits per heavy atom. The van der Waals surface area contributed by atoms with Gasteiger partial charge in [0.05, 0.1) is 17.8 Å². The van der Waals surface area contributed by atoms with E-state index in [0.29, 0.717) is 5.69 Å². The number of benzene rings is 1. The number of hydroxylamine groups is 1.